The summed E-state index contributed by atoms with van der Waals surface area (Å²) in [5.74, 6) is 0.563. The summed E-state index contributed by atoms with van der Waals surface area (Å²) in [5.41, 5.74) is 1.75. The third-order valence-corrected chi connectivity index (χ3v) is 2.95. The predicted octanol–water partition coefficient (Wildman–Crippen LogP) is 4.28. The molecule has 88 valence electrons. The Bertz CT molecular complexity index is 514. The number of hydrogen-bond donors (Lipinski definition) is 0. The van der Waals surface area contributed by atoms with Crippen LogP contribution in [0.3, 0.4) is 0 Å². The fraction of sp³-hybridized carbons (Fsp3) is 0.154. The highest BCUT2D eigenvalue weighted by molar-refractivity contribution is 6.34. The number of hydrogen-bond acceptors (Lipinski definition) is 2. The topological polar surface area (TPSA) is 22.1 Å². The van der Waals surface area contributed by atoms with E-state index in [0.717, 1.165) is 5.56 Å². The summed E-state index contributed by atoms with van der Waals surface area (Å²) in [4.78, 5) is 4.04. The van der Waals surface area contributed by atoms with E-state index < -0.39 is 0 Å². The molecular formula is C13H11Cl2NO. The van der Waals surface area contributed by atoms with Gasteiger partial charge < -0.3 is 4.74 Å². The first kappa shape index (κ1) is 12.2. The summed E-state index contributed by atoms with van der Waals surface area (Å²) in [6.07, 6.45) is 0. The van der Waals surface area contributed by atoms with Gasteiger partial charge in [0.15, 0.2) is 0 Å². The zero-order valence-electron chi connectivity index (χ0n) is 9.28. The third-order valence-electron chi connectivity index (χ3n) is 2.30. The quantitative estimate of drug-likeness (QED) is 0.775. The van der Waals surface area contributed by atoms with Gasteiger partial charge >= 0.3 is 0 Å². The molecule has 2 rings (SSSR count). The second-order valence-electron chi connectivity index (χ2n) is 3.62. The molecule has 0 aliphatic carbocycles. The molecule has 1 aromatic carbocycles. The Hall–Kier alpha value is -1.25. The normalized spacial score (nSPS) is 10.3. The molecule has 0 aliphatic rings. The Labute approximate surface area is 110 Å². The summed E-state index contributed by atoms with van der Waals surface area (Å²) in [6, 6.07) is 11.5. The van der Waals surface area contributed by atoms with Crippen molar-refractivity contribution in [3.8, 4) is 5.75 Å². The summed E-state index contributed by atoms with van der Waals surface area (Å²) < 4.78 is 5.63. The van der Waals surface area contributed by atoms with Gasteiger partial charge in [0, 0.05) is 6.07 Å². The monoisotopic (exact) mass is 267 g/mol. The van der Waals surface area contributed by atoms with Crippen LogP contribution >= 0.6 is 23.2 Å². The average Bonchev–Trinajstić information content (AvgIpc) is 2.33. The molecule has 17 heavy (non-hydrogen) atoms. The van der Waals surface area contributed by atoms with Crippen LogP contribution in [0.4, 0.5) is 0 Å². The minimum Gasteiger partial charge on any atom is -0.487 e. The van der Waals surface area contributed by atoms with Crippen molar-refractivity contribution in [3.05, 3.63) is 57.8 Å². The third kappa shape index (κ3) is 3.11. The van der Waals surface area contributed by atoms with Crippen molar-refractivity contribution in [1.82, 2.24) is 4.98 Å². The summed E-state index contributed by atoms with van der Waals surface area (Å²) >= 11 is 11.9. The standard InChI is InChI=1S/C13H11Cl2NO/c1-9-13(15)11(7-12(14)16-9)17-8-10-5-3-2-4-6-10/h2-7H,8H2,1H3. The van der Waals surface area contributed by atoms with Gasteiger partial charge in [-0.2, -0.15) is 0 Å². The smallest absolute Gasteiger partial charge is 0.143 e. The van der Waals surface area contributed by atoms with Gasteiger partial charge in [0.2, 0.25) is 0 Å². The number of nitrogens with zero attached hydrogens (tertiary/aromatic N) is 1. The zero-order chi connectivity index (χ0) is 12.3. The molecule has 1 heterocycles. The van der Waals surface area contributed by atoms with Gasteiger partial charge in [-0.05, 0) is 12.5 Å². The molecule has 2 nitrogen and oxygen atoms in total. The highest BCUT2D eigenvalue weighted by atomic mass is 35.5. The minimum atomic E-state index is 0.384. The van der Waals surface area contributed by atoms with Crippen LogP contribution in [0.1, 0.15) is 11.3 Å². The van der Waals surface area contributed by atoms with Crippen molar-refractivity contribution in [2.45, 2.75) is 13.5 Å². The maximum Gasteiger partial charge on any atom is 0.143 e. The first-order valence-corrected chi connectivity index (χ1v) is 5.92. The number of benzene rings is 1. The van der Waals surface area contributed by atoms with E-state index in [2.05, 4.69) is 4.98 Å². The second kappa shape index (κ2) is 5.39. The number of aryl methyl sites for hydroxylation is 1. The lowest BCUT2D eigenvalue weighted by atomic mass is 10.2. The fourth-order valence-corrected chi connectivity index (χ4v) is 1.81. The lowest BCUT2D eigenvalue weighted by molar-refractivity contribution is 0.306. The zero-order valence-corrected chi connectivity index (χ0v) is 10.8. The lowest BCUT2D eigenvalue weighted by Crippen LogP contribution is -1.97. The van der Waals surface area contributed by atoms with Gasteiger partial charge in [-0.3, -0.25) is 0 Å². The van der Waals surface area contributed by atoms with Crippen molar-refractivity contribution in [3.63, 3.8) is 0 Å². The number of halogens is 2. The van der Waals surface area contributed by atoms with Gasteiger partial charge in [-0.15, -0.1) is 0 Å². The molecule has 0 fully saturated rings. The van der Waals surface area contributed by atoms with Gasteiger partial charge in [-0.1, -0.05) is 53.5 Å². The van der Waals surface area contributed by atoms with E-state index in [1.807, 2.05) is 30.3 Å². The molecule has 4 heteroatoms. The van der Waals surface area contributed by atoms with Crippen LogP contribution in [-0.2, 0) is 6.61 Å². The minimum absolute atomic E-state index is 0.384. The first-order chi connectivity index (χ1) is 8.16. The molecule has 0 bridgehead atoms. The van der Waals surface area contributed by atoms with E-state index >= 15 is 0 Å². The van der Waals surface area contributed by atoms with Crippen LogP contribution in [0.2, 0.25) is 10.2 Å². The van der Waals surface area contributed by atoms with Crippen molar-refractivity contribution in [2.75, 3.05) is 0 Å². The van der Waals surface area contributed by atoms with E-state index in [1.165, 1.54) is 0 Å². The lowest BCUT2D eigenvalue weighted by Gasteiger charge is -2.09. The first-order valence-electron chi connectivity index (χ1n) is 5.16. The van der Waals surface area contributed by atoms with Crippen molar-refractivity contribution in [1.29, 1.82) is 0 Å². The number of pyridine rings is 1. The maximum atomic E-state index is 6.09. The van der Waals surface area contributed by atoms with Crippen LogP contribution in [0.25, 0.3) is 0 Å². The highest BCUT2D eigenvalue weighted by Crippen LogP contribution is 2.29. The Balaban J connectivity index is 2.14. The SMILES string of the molecule is Cc1nc(Cl)cc(OCc2ccccc2)c1Cl. The highest BCUT2D eigenvalue weighted by Gasteiger charge is 2.08. The molecule has 2 aromatic rings. The van der Waals surface area contributed by atoms with Crippen LogP contribution < -0.4 is 4.74 Å². The van der Waals surface area contributed by atoms with E-state index in [1.54, 1.807) is 13.0 Å². The van der Waals surface area contributed by atoms with Gasteiger partial charge in [0.1, 0.15) is 22.5 Å². The van der Waals surface area contributed by atoms with Crippen molar-refractivity contribution < 1.29 is 4.74 Å². The van der Waals surface area contributed by atoms with Gasteiger partial charge in [0.05, 0.1) is 5.69 Å². The molecule has 0 atom stereocenters. The van der Waals surface area contributed by atoms with Crippen LogP contribution in [0.5, 0.6) is 5.75 Å². The molecule has 0 saturated carbocycles. The largest absolute Gasteiger partial charge is 0.487 e. The van der Waals surface area contributed by atoms with E-state index in [4.69, 9.17) is 27.9 Å². The number of aromatic nitrogens is 1. The van der Waals surface area contributed by atoms with E-state index in [-0.39, 0.29) is 0 Å². The Morgan fingerprint density at radius 1 is 1.18 bits per heavy atom. The Morgan fingerprint density at radius 3 is 2.59 bits per heavy atom. The summed E-state index contributed by atoms with van der Waals surface area (Å²) in [6.45, 7) is 2.25. The summed E-state index contributed by atoms with van der Waals surface area (Å²) in [7, 11) is 0. The molecule has 0 spiro atoms. The van der Waals surface area contributed by atoms with Gasteiger partial charge in [-0.25, -0.2) is 4.98 Å². The summed E-state index contributed by atoms with van der Waals surface area (Å²) in [5, 5.41) is 0.889. The molecule has 0 aliphatic heterocycles. The number of rotatable bonds is 3. The fourth-order valence-electron chi connectivity index (χ4n) is 1.43. The maximum absolute atomic E-state index is 6.09. The molecule has 0 radical (unpaired) electrons. The van der Waals surface area contributed by atoms with Crippen LogP contribution in [0, 0.1) is 6.92 Å². The molecule has 1 aromatic heterocycles. The molecular weight excluding hydrogens is 257 g/mol. The van der Waals surface area contributed by atoms with Crippen molar-refractivity contribution >= 4 is 23.2 Å². The molecule has 0 unspecified atom stereocenters. The van der Waals surface area contributed by atoms with Gasteiger partial charge in [0.25, 0.3) is 0 Å². The Kier molecular flexibility index (Phi) is 3.87. The Morgan fingerprint density at radius 2 is 1.88 bits per heavy atom. The van der Waals surface area contributed by atoms with E-state index in [9.17, 15) is 0 Å². The van der Waals surface area contributed by atoms with E-state index in [0.29, 0.717) is 28.2 Å². The van der Waals surface area contributed by atoms with Crippen LogP contribution in [0.15, 0.2) is 36.4 Å². The molecule has 0 amide bonds. The number of ether oxygens (including phenoxy) is 1. The average molecular weight is 268 g/mol. The molecule has 0 saturated heterocycles. The van der Waals surface area contributed by atoms with Crippen LogP contribution in [-0.4, -0.2) is 4.98 Å². The second-order valence-corrected chi connectivity index (χ2v) is 4.38. The van der Waals surface area contributed by atoms with Crippen molar-refractivity contribution in [2.24, 2.45) is 0 Å². The predicted molar refractivity (Wildman–Crippen MR) is 69.8 cm³/mol. The molecule has 0 N–H and O–H groups in total.